The summed E-state index contributed by atoms with van der Waals surface area (Å²) in [6, 6.07) is 9.45. The zero-order valence-corrected chi connectivity index (χ0v) is 14.7. The predicted octanol–water partition coefficient (Wildman–Crippen LogP) is 1.16. The highest BCUT2D eigenvalue weighted by Crippen LogP contribution is 2.23. The van der Waals surface area contributed by atoms with E-state index in [0.29, 0.717) is 12.2 Å². The summed E-state index contributed by atoms with van der Waals surface area (Å²) in [5.41, 5.74) is 2.21. The molecule has 7 nitrogen and oxygen atoms in total. The molecule has 2 aromatic rings. The van der Waals surface area contributed by atoms with E-state index in [4.69, 9.17) is 9.47 Å². The van der Waals surface area contributed by atoms with E-state index >= 15 is 0 Å². The van der Waals surface area contributed by atoms with E-state index in [0.717, 1.165) is 49.9 Å². The molecule has 1 aromatic carbocycles. The van der Waals surface area contributed by atoms with Gasteiger partial charge in [0.2, 0.25) is 0 Å². The minimum Gasteiger partial charge on any atom is -0.497 e. The number of aromatic nitrogens is 2. The third-order valence-corrected chi connectivity index (χ3v) is 4.30. The average Bonchev–Trinajstić information content (AvgIpc) is 3.04. The van der Waals surface area contributed by atoms with Gasteiger partial charge in [-0.1, -0.05) is 12.1 Å². The third-order valence-electron chi connectivity index (χ3n) is 4.30. The second-order valence-corrected chi connectivity index (χ2v) is 5.98. The lowest BCUT2D eigenvalue weighted by Gasteiger charge is -2.26. The van der Waals surface area contributed by atoms with E-state index in [1.807, 2.05) is 24.3 Å². The van der Waals surface area contributed by atoms with Crippen LogP contribution in [-0.2, 0) is 11.8 Å². The van der Waals surface area contributed by atoms with Gasteiger partial charge < -0.3 is 14.8 Å². The molecule has 0 atom stereocenters. The Hall–Kier alpha value is -2.38. The van der Waals surface area contributed by atoms with Crippen LogP contribution in [0.4, 0.5) is 0 Å². The van der Waals surface area contributed by atoms with Crippen molar-refractivity contribution in [2.75, 3.05) is 46.5 Å². The Morgan fingerprint density at radius 3 is 2.88 bits per heavy atom. The molecule has 0 aliphatic carbocycles. The maximum Gasteiger partial charge on any atom is 0.269 e. The fourth-order valence-corrected chi connectivity index (χ4v) is 2.85. The Morgan fingerprint density at radius 1 is 1.32 bits per heavy atom. The SMILES string of the molecule is COc1cccc(-c2cc(C(=O)NCCN3CCOCC3)n(C)n2)c1. The number of rotatable bonds is 6. The zero-order chi connectivity index (χ0) is 17.6. The van der Waals surface area contributed by atoms with Crippen molar-refractivity contribution >= 4 is 5.91 Å². The van der Waals surface area contributed by atoms with E-state index in [2.05, 4.69) is 15.3 Å². The summed E-state index contributed by atoms with van der Waals surface area (Å²) >= 11 is 0. The number of hydrogen-bond acceptors (Lipinski definition) is 5. The van der Waals surface area contributed by atoms with Gasteiger partial charge in [-0.3, -0.25) is 14.4 Å². The van der Waals surface area contributed by atoms with E-state index in [9.17, 15) is 4.79 Å². The van der Waals surface area contributed by atoms with Crippen molar-refractivity contribution < 1.29 is 14.3 Å². The van der Waals surface area contributed by atoms with Crippen LogP contribution in [0.3, 0.4) is 0 Å². The standard InChI is InChI=1S/C18H24N4O3/c1-21-17(18(23)19-6-7-22-8-10-25-11-9-22)13-16(20-21)14-4-3-5-15(12-14)24-2/h3-5,12-13H,6-11H2,1-2H3,(H,19,23). The fraction of sp³-hybridized carbons (Fsp3) is 0.444. The summed E-state index contributed by atoms with van der Waals surface area (Å²) in [5, 5.41) is 7.42. The maximum atomic E-state index is 12.4. The second-order valence-electron chi connectivity index (χ2n) is 5.98. The average molecular weight is 344 g/mol. The van der Waals surface area contributed by atoms with Crippen molar-refractivity contribution in [2.24, 2.45) is 7.05 Å². The van der Waals surface area contributed by atoms with E-state index in [1.165, 1.54) is 0 Å². The van der Waals surface area contributed by atoms with Crippen LogP contribution in [-0.4, -0.2) is 67.1 Å². The molecule has 1 N–H and O–H groups in total. The van der Waals surface area contributed by atoms with Crippen molar-refractivity contribution in [1.82, 2.24) is 20.0 Å². The number of aryl methyl sites for hydroxylation is 1. The molecule has 25 heavy (non-hydrogen) atoms. The van der Waals surface area contributed by atoms with E-state index in [-0.39, 0.29) is 5.91 Å². The summed E-state index contributed by atoms with van der Waals surface area (Å²) < 4.78 is 12.2. The molecule has 3 rings (SSSR count). The van der Waals surface area contributed by atoms with Gasteiger partial charge in [0.05, 0.1) is 26.0 Å². The first kappa shape index (κ1) is 17.4. The van der Waals surface area contributed by atoms with Gasteiger partial charge in [0.1, 0.15) is 11.4 Å². The Balaban J connectivity index is 1.61. The molecule has 1 aliphatic rings. The van der Waals surface area contributed by atoms with Gasteiger partial charge in [-0.05, 0) is 18.2 Å². The lowest BCUT2D eigenvalue weighted by atomic mass is 10.1. The van der Waals surface area contributed by atoms with Crippen molar-refractivity contribution in [1.29, 1.82) is 0 Å². The van der Waals surface area contributed by atoms with Crippen molar-refractivity contribution in [3.63, 3.8) is 0 Å². The normalized spacial score (nSPS) is 15.1. The largest absolute Gasteiger partial charge is 0.497 e. The summed E-state index contributed by atoms with van der Waals surface area (Å²) in [6.45, 7) is 4.80. The molecule has 0 saturated carbocycles. The Labute approximate surface area is 147 Å². The van der Waals surface area contributed by atoms with Crippen LogP contribution in [0.15, 0.2) is 30.3 Å². The summed E-state index contributed by atoms with van der Waals surface area (Å²) in [6.07, 6.45) is 0. The molecule has 0 spiro atoms. The molecular formula is C18H24N4O3. The number of benzene rings is 1. The Kier molecular flexibility index (Phi) is 5.67. The van der Waals surface area contributed by atoms with Crippen LogP contribution in [0.25, 0.3) is 11.3 Å². The molecule has 1 saturated heterocycles. The third kappa shape index (κ3) is 4.37. The smallest absolute Gasteiger partial charge is 0.269 e. The summed E-state index contributed by atoms with van der Waals surface area (Å²) in [7, 11) is 3.41. The number of carbonyl (C=O) groups excluding carboxylic acids is 1. The van der Waals surface area contributed by atoms with E-state index in [1.54, 1.807) is 24.9 Å². The molecule has 7 heteroatoms. The van der Waals surface area contributed by atoms with Crippen molar-refractivity contribution in [3.05, 3.63) is 36.0 Å². The van der Waals surface area contributed by atoms with Crippen LogP contribution < -0.4 is 10.1 Å². The Bertz CT molecular complexity index is 723. The first-order valence-electron chi connectivity index (χ1n) is 8.44. The minimum atomic E-state index is -0.114. The summed E-state index contributed by atoms with van der Waals surface area (Å²) in [5.74, 6) is 0.650. The van der Waals surface area contributed by atoms with E-state index < -0.39 is 0 Å². The molecule has 0 radical (unpaired) electrons. The highest BCUT2D eigenvalue weighted by atomic mass is 16.5. The maximum absolute atomic E-state index is 12.4. The van der Waals surface area contributed by atoms with Gasteiger partial charge in [0, 0.05) is 38.8 Å². The van der Waals surface area contributed by atoms with Gasteiger partial charge in [-0.15, -0.1) is 0 Å². The molecule has 1 aliphatic heterocycles. The van der Waals surface area contributed by atoms with Gasteiger partial charge in [0.25, 0.3) is 5.91 Å². The quantitative estimate of drug-likeness (QED) is 0.852. The number of methoxy groups -OCH3 is 1. The predicted molar refractivity (Wildman–Crippen MR) is 94.8 cm³/mol. The van der Waals surface area contributed by atoms with Crippen LogP contribution in [0, 0.1) is 0 Å². The molecule has 1 fully saturated rings. The van der Waals surface area contributed by atoms with Crippen LogP contribution >= 0.6 is 0 Å². The van der Waals surface area contributed by atoms with Crippen LogP contribution in [0.2, 0.25) is 0 Å². The van der Waals surface area contributed by atoms with Crippen molar-refractivity contribution in [2.45, 2.75) is 0 Å². The zero-order valence-electron chi connectivity index (χ0n) is 14.7. The second kappa shape index (κ2) is 8.13. The molecule has 0 bridgehead atoms. The number of morpholine rings is 1. The number of amides is 1. The fourth-order valence-electron chi connectivity index (χ4n) is 2.85. The van der Waals surface area contributed by atoms with Crippen molar-refractivity contribution in [3.8, 4) is 17.0 Å². The number of carbonyl (C=O) groups is 1. The van der Waals surface area contributed by atoms with Gasteiger partial charge in [-0.2, -0.15) is 5.10 Å². The number of nitrogens with one attached hydrogen (secondary N) is 1. The Morgan fingerprint density at radius 2 is 2.12 bits per heavy atom. The molecule has 1 amide bonds. The lowest BCUT2D eigenvalue weighted by Crippen LogP contribution is -2.41. The highest BCUT2D eigenvalue weighted by molar-refractivity contribution is 5.93. The number of ether oxygens (including phenoxy) is 2. The first-order chi connectivity index (χ1) is 12.2. The minimum absolute atomic E-state index is 0.114. The lowest BCUT2D eigenvalue weighted by molar-refractivity contribution is 0.0383. The summed E-state index contributed by atoms with van der Waals surface area (Å²) in [4.78, 5) is 14.7. The molecule has 2 heterocycles. The first-order valence-corrected chi connectivity index (χ1v) is 8.44. The number of hydrogen-bond donors (Lipinski definition) is 1. The molecule has 134 valence electrons. The van der Waals surface area contributed by atoms with Gasteiger partial charge in [0.15, 0.2) is 0 Å². The number of nitrogens with zero attached hydrogens (tertiary/aromatic N) is 3. The topological polar surface area (TPSA) is 68.6 Å². The monoisotopic (exact) mass is 344 g/mol. The van der Waals surface area contributed by atoms with Gasteiger partial charge in [-0.25, -0.2) is 0 Å². The van der Waals surface area contributed by atoms with Crippen LogP contribution in [0.1, 0.15) is 10.5 Å². The van der Waals surface area contributed by atoms with Gasteiger partial charge >= 0.3 is 0 Å². The van der Waals surface area contributed by atoms with Crippen LogP contribution in [0.5, 0.6) is 5.75 Å². The molecule has 1 aromatic heterocycles. The molecule has 0 unspecified atom stereocenters. The highest BCUT2D eigenvalue weighted by Gasteiger charge is 2.15. The molecular weight excluding hydrogens is 320 g/mol.